The molecule has 0 atom stereocenters. The molecule has 19 heavy (non-hydrogen) atoms. The van der Waals surface area contributed by atoms with Crippen molar-refractivity contribution in [3.05, 3.63) is 34.3 Å². The molecule has 0 aliphatic carbocycles. The van der Waals surface area contributed by atoms with Gasteiger partial charge in [-0.1, -0.05) is 17.7 Å². The van der Waals surface area contributed by atoms with Gasteiger partial charge in [0.15, 0.2) is 0 Å². The molecule has 1 aromatic rings. The Balaban J connectivity index is 2.01. The Kier molecular flexibility index (Phi) is 4.41. The number of rotatable bonds is 2. The lowest BCUT2D eigenvalue weighted by Gasteiger charge is -2.33. The van der Waals surface area contributed by atoms with E-state index in [9.17, 15) is 4.79 Å². The van der Waals surface area contributed by atoms with Crippen LogP contribution in [-0.2, 0) is 0 Å². The number of carbonyl (C=O) groups excluding carboxylic acids is 1. The van der Waals surface area contributed by atoms with Gasteiger partial charge in [0.1, 0.15) is 0 Å². The van der Waals surface area contributed by atoms with Crippen molar-refractivity contribution in [2.45, 2.75) is 6.92 Å². The SMILES string of the molecule is Cc1ccc(C(=O)N2CCN(CC#N)CC2)cc1Cl. The fourth-order valence-corrected chi connectivity index (χ4v) is 2.30. The van der Waals surface area contributed by atoms with Crippen LogP contribution in [0.5, 0.6) is 0 Å². The van der Waals surface area contributed by atoms with Crippen LogP contribution in [0.2, 0.25) is 5.02 Å². The number of amides is 1. The van der Waals surface area contributed by atoms with Crippen molar-refractivity contribution in [3.63, 3.8) is 0 Å². The molecule has 2 rings (SSSR count). The van der Waals surface area contributed by atoms with Gasteiger partial charge >= 0.3 is 0 Å². The standard InChI is InChI=1S/C14H16ClN3O/c1-11-2-3-12(10-13(11)15)14(19)18-8-6-17(5-4-16)7-9-18/h2-3,10H,5-9H2,1H3. The first-order chi connectivity index (χ1) is 9.11. The summed E-state index contributed by atoms with van der Waals surface area (Å²) in [4.78, 5) is 16.2. The molecule has 0 aromatic heterocycles. The molecule has 4 nitrogen and oxygen atoms in total. The molecule has 0 saturated carbocycles. The molecule has 1 fully saturated rings. The molecule has 0 N–H and O–H groups in total. The van der Waals surface area contributed by atoms with E-state index in [-0.39, 0.29) is 5.91 Å². The molecule has 5 heteroatoms. The van der Waals surface area contributed by atoms with E-state index in [1.165, 1.54) is 0 Å². The molecule has 1 aliphatic rings. The van der Waals surface area contributed by atoms with Crippen LogP contribution in [0.1, 0.15) is 15.9 Å². The maximum absolute atomic E-state index is 12.3. The van der Waals surface area contributed by atoms with E-state index in [4.69, 9.17) is 16.9 Å². The van der Waals surface area contributed by atoms with Crippen molar-refractivity contribution in [1.82, 2.24) is 9.80 Å². The second-order valence-electron chi connectivity index (χ2n) is 4.69. The lowest BCUT2D eigenvalue weighted by Crippen LogP contribution is -2.48. The molecule has 1 aromatic carbocycles. The monoisotopic (exact) mass is 277 g/mol. The summed E-state index contributed by atoms with van der Waals surface area (Å²) in [5.41, 5.74) is 1.60. The number of nitriles is 1. The molecule has 1 amide bonds. The first-order valence-electron chi connectivity index (χ1n) is 6.26. The second kappa shape index (κ2) is 6.05. The topological polar surface area (TPSA) is 47.3 Å². The van der Waals surface area contributed by atoms with Crippen molar-refractivity contribution in [2.24, 2.45) is 0 Å². The summed E-state index contributed by atoms with van der Waals surface area (Å²) in [6.07, 6.45) is 0. The molecule has 0 unspecified atom stereocenters. The zero-order valence-corrected chi connectivity index (χ0v) is 11.7. The van der Waals surface area contributed by atoms with E-state index < -0.39 is 0 Å². The first kappa shape index (κ1) is 13.9. The Labute approximate surface area is 118 Å². The van der Waals surface area contributed by atoms with E-state index >= 15 is 0 Å². The molecule has 1 heterocycles. The van der Waals surface area contributed by atoms with Crippen LogP contribution in [0, 0.1) is 18.3 Å². The van der Waals surface area contributed by atoms with Crippen LogP contribution in [0.3, 0.4) is 0 Å². The highest BCUT2D eigenvalue weighted by Crippen LogP contribution is 2.18. The maximum atomic E-state index is 12.3. The van der Waals surface area contributed by atoms with Gasteiger partial charge in [-0.2, -0.15) is 5.26 Å². The molecular weight excluding hydrogens is 262 g/mol. The van der Waals surface area contributed by atoms with Gasteiger partial charge in [0, 0.05) is 36.8 Å². The average Bonchev–Trinajstić information content (AvgIpc) is 2.42. The minimum Gasteiger partial charge on any atom is -0.336 e. The van der Waals surface area contributed by atoms with E-state index in [1.54, 1.807) is 6.07 Å². The molecule has 1 saturated heterocycles. The van der Waals surface area contributed by atoms with E-state index in [2.05, 4.69) is 6.07 Å². The molecular formula is C14H16ClN3O. The Hall–Kier alpha value is -1.57. The summed E-state index contributed by atoms with van der Waals surface area (Å²) in [5, 5.41) is 9.26. The molecule has 1 aliphatic heterocycles. The van der Waals surface area contributed by atoms with Gasteiger partial charge in [0.05, 0.1) is 12.6 Å². The quantitative estimate of drug-likeness (QED) is 0.776. The molecule has 100 valence electrons. The van der Waals surface area contributed by atoms with Crippen molar-refractivity contribution < 1.29 is 4.79 Å². The lowest BCUT2D eigenvalue weighted by atomic mass is 10.1. The smallest absolute Gasteiger partial charge is 0.253 e. The van der Waals surface area contributed by atoms with Crippen LogP contribution < -0.4 is 0 Å². The highest BCUT2D eigenvalue weighted by molar-refractivity contribution is 6.31. The number of halogens is 1. The highest BCUT2D eigenvalue weighted by atomic mass is 35.5. The lowest BCUT2D eigenvalue weighted by molar-refractivity contribution is 0.0652. The van der Waals surface area contributed by atoms with Crippen LogP contribution in [-0.4, -0.2) is 48.4 Å². The zero-order chi connectivity index (χ0) is 13.8. The largest absolute Gasteiger partial charge is 0.336 e. The van der Waals surface area contributed by atoms with Crippen molar-refractivity contribution in [3.8, 4) is 6.07 Å². The summed E-state index contributed by atoms with van der Waals surface area (Å²) in [6.45, 7) is 5.16. The van der Waals surface area contributed by atoms with Crippen molar-refractivity contribution in [1.29, 1.82) is 5.26 Å². The van der Waals surface area contributed by atoms with Crippen LogP contribution in [0.4, 0.5) is 0 Å². The number of piperazine rings is 1. The Morgan fingerprint density at radius 3 is 2.63 bits per heavy atom. The van der Waals surface area contributed by atoms with Crippen molar-refractivity contribution in [2.75, 3.05) is 32.7 Å². The second-order valence-corrected chi connectivity index (χ2v) is 5.10. The van der Waals surface area contributed by atoms with E-state index in [0.29, 0.717) is 30.2 Å². The normalized spacial score (nSPS) is 16.2. The van der Waals surface area contributed by atoms with E-state index in [0.717, 1.165) is 18.7 Å². The fraction of sp³-hybridized carbons (Fsp3) is 0.429. The maximum Gasteiger partial charge on any atom is 0.253 e. The van der Waals surface area contributed by atoms with Crippen LogP contribution in [0.25, 0.3) is 0 Å². The predicted molar refractivity (Wildman–Crippen MR) is 74.1 cm³/mol. The number of hydrogen-bond acceptors (Lipinski definition) is 3. The summed E-state index contributed by atoms with van der Waals surface area (Å²) in [6, 6.07) is 7.53. The zero-order valence-electron chi connectivity index (χ0n) is 10.9. The Morgan fingerprint density at radius 2 is 2.05 bits per heavy atom. The fourth-order valence-electron chi connectivity index (χ4n) is 2.12. The molecule has 0 bridgehead atoms. The van der Waals surface area contributed by atoms with Gasteiger partial charge in [-0.25, -0.2) is 0 Å². The molecule has 0 spiro atoms. The van der Waals surface area contributed by atoms with Crippen LogP contribution >= 0.6 is 11.6 Å². The Morgan fingerprint density at radius 1 is 1.37 bits per heavy atom. The number of hydrogen-bond donors (Lipinski definition) is 0. The van der Waals surface area contributed by atoms with Crippen LogP contribution in [0.15, 0.2) is 18.2 Å². The minimum atomic E-state index is 0.0125. The van der Waals surface area contributed by atoms with E-state index in [1.807, 2.05) is 28.9 Å². The minimum absolute atomic E-state index is 0.0125. The van der Waals surface area contributed by atoms with Gasteiger partial charge < -0.3 is 4.90 Å². The summed E-state index contributed by atoms with van der Waals surface area (Å²) >= 11 is 6.05. The summed E-state index contributed by atoms with van der Waals surface area (Å²) < 4.78 is 0. The summed E-state index contributed by atoms with van der Waals surface area (Å²) in [5.74, 6) is 0.0125. The van der Waals surface area contributed by atoms with Gasteiger partial charge in [-0.3, -0.25) is 9.69 Å². The van der Waals surface area contributed by atoms with Gasteiger partial charge in [0.2, 0.25) is 0 Å². The van der Waals surface area contributed by atoms with Gasteiger partial charge in [-0.15, -0.1) is 0 Å². The van der Waals surface area contributed by atoms with Crippen molar-refractivity contribution >= 4 is 17.5 Å². The molecule has 0 radical (unpaired) electrons. The highest BCUT2D eigenvalue weighted by Gasteiger charge is 2.22. The third-order valence-corrected chi connectivity index (χ3v) is 3.78. The predicted octanol–water partition coefficient (Wildman–Crippen LogP) is 1.93. The Bertz CT molecular complexity index is 516. The first-order valence-corrected chi connectivity index (χ1v) is 6.64. The third-order valence-electron chi connectivity index (χ3n) is 3.37. The van der Waals surface area contributed by atoms with Gasteiger partial charge in [0.25, 0.3) is 5.91 Å². The number of nitrogens with zero attached hydrogens (tertiary/aromatic N) is 3. The number of benzene rings is 1. The van der Waals surface area contributed by atoms with Gasteiger partial charge in [-0.05, 0) is 24.6 Å². The summed E-state index contributed by atoms with van der Waals surface area (Å²) in [7, 11) is 0. The number of aryl methyl sites for hydroxylation is 1. The third kappa shape index (κ3) is 3.25. The average molecular weight is 278 g/mol. The number of carbonyl (C=O) groups is 1.